The van der Waals surface area contributed by atoms with E-state index < -0.39 is 0 Å². The Labute approximate surface area is 152 Å². The maximum atomic E-state index is 12.2. The molecule has 0 saturated carbocycles. The smallest absolute Gasteiger partial charge is 0.226 e. The van der Waals surface area contributed by atoms with Gasteiger partial charge >= 0.3 is 0 Å². The summed E-state index contributed by atoms with van der Waals surface area (Å²) in [6.45, 7) is 4.09. The fourth-order valence-corrected chi connectivity index (χ4v) is 2.58. The Hall–Kier alpha value is -2.53. The Kier molecular flexibility index (Phi) is 6.83. The third kappa shape index (κ3) is 5.22. The lowest BCUT2D eigenvalue weighted by Crippen LogP contribution is -2.32. The number of ether oxygens (including phenoxy) is 1. The molecule has 132 valence electrons. The number of nitrogens with one attached hydrogen (secondary N) is 1. The zero-order chi connectivity index (χ0) is 18.2. The molecular formula is C19H21ClN2O3. The number of para-hydroxylation sites is 3. The van der Waals surface area contributed by atoms with Crippen LogP contribution in [0.5, 0.6) is 5.75 Å². The van der Waals surface area contributed by atoms with Gasteiger partial charge in [-0.05, 0) is 31.2 Å². The van der Waals surface area contributed by atoms with Gasteiger partial charge in [-0.3, -0.25) is 9.59 Å². The minimum Gasteiger partial charge on any atom is -0.492 e. The third-order valence-electron chi connectivity index (χ3n) is 3.55. The van der Waals surface area contributed by atoms with Gasteiger partial charge in [0.2, 0.25) is 11.8 Å². The van der Waals surface area contributed by atoms with E-state index in [2.05, 4.69) is 5.32 Å². The van der Waals surface area contributed by atoms with Crippen LogP contribution in [0.1, 0.15) is 20.3 Å². The number of hydrogen-bond acceptors (Lipinski definition) is 3. The molecule has 0 radical (unpaired) electrons. The first-order chi connectivity index (χ1) is 12.0. The summed E-state index contributed by atoms with van der Waals surface area (Å²) in [6.07, 6.45) is 0.144. The molecule has 2 amide bonds. The molecule has 0 bridgehead atoms. The Bertz CT molecular complexity index is 749. The lowest BCUT2D eigenvalue weighted by Gasteiger charge is -2.23. The van der Waals surface area contributed by atoms with E-state index >= 15 is 0 Å². The van der Waals surface area contributed by atoms with Gasteiger partial charge in [-0.1, -0.05) is 35.9 Å². The number of rotatable bonds is 7. The molecule has 5 nitrogen and oxygen atoms in total. The van der Waals surface area contributed by atoms with Crippen LogP contribution in [0.25, 0.3) is 0 Å². The van der Waals surface area contributed by atoms with Crippen LogP contribution in [0.2, 0.25) is 5.02 Å². The molecule has 0 aliphatic heterocycles. The summed E-state index contributed by atoms with van der Waals surface area (Å²) in [5.41, 5.74) is 1.21. The molecule has 0 unspecified atom stereocenters. The number of benzene rings is 2. The fraction of sp³-hybridized carbons (Fsp3) is 0.263. The number of anilines is 2. The van der Waals surface area contributed by atoms with Crippen LogP contribution in [0.3, 0.4) is 0 Å². The van der Waals surface area contributed by atoms with Crippen molar-refractivity contribution < 1.29 is 14.3 Å². The Morgan fingerprint density at radius 1 is 1.12 bits per heavy atom. The predicted molar refractivity (Wildman–Crippen MR) is 100 cm³/mol. The number of carbonyl (C=O) groups excluding carboxylic acids is 2. The van der Waals surface area contributed by atoms with Gasteiger partial charge in [-0.15, -0.1) is 0 Å². The summed E-state index contributed by atoms with van der Waals surface area (Å²) < 4.78 is 5.57. The van der Waals surface area contributed by atoms with Gasteiger partial charge in [-0.2, -0.15) is 0 Å². The molecule has 6 heteroatoms. The number of amides is 2. The van der Waals surface area contributed by atoms with Gasteiger partial charge in [0.25, 0.3) is 0 Å². The molecule has 0 spiro atoms. The number of carbonyl (C=O) groups is 2. The molecule has 0 atom stereocenters. The third-order valence-corrected chi connectivity index (χ3v) is 3.88. The monoisotopic (exact) mass is 360 g/mol. The van der Waals surface area contributed by atoms with Crippen LogP contribution >= 0.6 is 11.6 Å². The molecule has 0 fully saturated rings. The van der Waals surface area contributed by atoms with Crippen LogP contribution in [0.4, 0.5) is 11.4 Å². The molecule has 1 N–H and O–H groups in total. The minimum absolute atomic E-state index is 0.144. The second kappa shape index (κ2) is 9.08. The Morgan fingerprint density at radius 2 is 1.80 bits per heavy atom. The Morgan fingerprint density at radius 3 is 2.48 bits per heavy atom. The molecule has 0 aliphatic carbocycles. The van der Waals surface area contributed by atoms with E-state index in [0.717, 1.165) is 0 Å². The van der Waals surface area contributed by atoms with E-state index in [-0.39, 0.29) is 24.8 Å². The molecule has 0 saturated heterocycles. The van der Waals surface area contributed by atoms with Crippen molar-refractivity contribution in [1.29, 1.82) is 0 Å². The first-order valence-corrected chi connectivity index (χ1v) is 8.45. The molecule has 2 rings (SSSR count). The second-order valence-corrected chi connectivity index (χ2v) is 5.76. The summed E-state index contributed by atoms with van der Waals surface area (Å²) >= 11 is 6.04. The van der Waals surface area contributed by atoms with Crippen molar-refractivity contribution in [1.82, 2.24) is 0 Å². The standard InChI is InChI=1S/C19H21ClN2O3/c1-3-25-18-11-7-6-10-17(18)22(14(2)23)13-12-19(24)21-16-9-5-4-8-15(16)20/h4-11H,3,12-13H2,1-2H3,(H,21,24). The SMILES string of the molecule is CCOc1ccccc1N(CCC(=O)Nc1ccccc1Cl)C(C)=O. The predicted octanol–water partition coefficient (Wildman–Crippen LogP) is 4.12. The molecule has 0 aliphatic rings. The maximum Gasteiger partial charge on any atom is 0.226 e. The van der Waals surface area contributed by atoms with Crippen LogP contribution in [0.15, 0.2) is 48.5 Å². The van der Waals surface area contributed by atoms with Crippen LogP contribution in [0, 0.1) is 0 Å². The summed E-state index contributed by atoms with van der Waals surface area (Å²) in [7, 11) is 0. The first-order valence-electron chi connectivity index (χ1n) is 8.07. The highest BCUT2D eigenvalue weighted by atomic mass is 35.5. The highest BCUT2D eigenvalue weighted by molar-refractivity contribution is 6.33. The fourth-order valence-electron chi connectivity index (χ4n) is 2.39. The highest BCUT2D eigenvalue weighted by Gasteiger charge is 2.17. The van der Waals surface area contributed by atoms with Gasteiger partial charge in [0.15, 0.2) is 0 Å². The van der Waals surface area contributed by atoms with Gasteiger partial charge in [-0.25, -0.2) is 0 Å². The van der Waals surface area contributed by atoms with Crippen molar-refractivity contribution in [2.45, 2.75) is 20.3 Å². The average Bonchev–Trinajstić information content (AvgIpc) is 2.58. The van der Waals surface area contributed by atoms with Crippen molar-refractivity contribution in [3.63, 3.8) is 0 Å². The summed E-state index contributed by atoms with van der Waals surface area (Å²) in [6, 6.07) is 14.3. The zero-order valence-electron chi connectivity index (χ0n) is 14.3. The van der Waals surface area contributed by atoms with E-state index in [1.807, 2.05) is 19.1 Å². The maximum absolute atomic E-state index is 12.2. The summed E-state index contributed by atoms with van der Waals surface area (Å²) in [4.78, 5) is 25.8. The number of halogens is 1. The first kappa shape index (κ1) is 18.8. The quantitative estimate of drug-likeness (QED) is 0.808. The van der Waals surface area contributed by atoms with Crippen LogP contribution < -0.4 is 15.0 Å². The van der Waals surface area contributed by atoms with Crippen molar-refractivity contribution in [3.05, 3.63) is 53.6 Å². The lowest BCUT2D eigenvalue weighted by molar-refractivity contribution is -0.117. The van der Waals surface area contributed by atoms with Crippen LogP contribution in [-0.2, 0) is 9.59 Å². The zero-order valence-corrected chi connectivity index (χ0v) is 15.0. The minimum atomic E-state index is -0.215. The molecule has 25 heavy (non-hydrogen) atoms. The van der Waals surface area contributed by atoms with E-state index in [4.69, 9.17) is 16.3 Å². The molecule has 2 aromatic carbocycles. The molecular weight excluding hydrogens is 340 g/mol. The van der Waals surface area contributed by atoms with Gasteiger partial charge in [0.05, 0.1) is 23.0 Å². The summed E-state index contributed by atoms with van der Waals surface area (Å²) in [5, 5.41) is 3.23. The van der Waals surface area contributed by atoms with Gasteiger partial charge in [0.1, 0.15) is 5.75 Å². The van der Waals surface area contributed by atoms with Crippen molar-refractivity contribution in [2.24, 2.45) is 0 Å². The van der Waals surface area contributed by atoms with Crippen molar-refractivity contribution in [3.8, 4) is 5.75 Å². The number of hydrogen-bond donors (Lipinski definition) is 1. The van der Waals surface area contributed by atoms with E-state index in [9.17, 15) is 9.59 Å². The van der Waals surface area contributed by atoms with E-state index in [1.54, 1.807) is 36.4 Å². The van der Waals surface area contributed by atoms with Crippen LogP contribution in [-0.4, -0.2) is 25.0 Å². The van der Waals surface area contributed by atoms with Crippen molar-refractivity contribution in [2.75, 3.05) is 23.4 Å². The van der Waals surface area contributed by atoms with Crippen molar-refractivity contribution >= 4 is 34.8 Å². The summed E-state index contributed by atoms with van der Waals surface area (Å²) in [5.74, 6) is 0.248. The highest BCUT2D eigenvalue weighted by Crippen LogP contribution is 2.28. The molecule has 0 aromatic heterocycles. The van der Waals surface area contributed by atoms with Gasteiger partial charge in [0, 0.05) is 19.9 Å². The van der Waals surface area contributed by atoms with E-state index in [0.29, 0.717) is 28.8 Å². The number of nitrogens with zero attached hydrogens (tertiary/aromatic N) is 1. The molecule has 2 aromatic rings. The molecule has 0 heterocycles. The normalized spacial score (nSPS) is 10.2. The lowest BCUT2D eigenvalue weighted by atomic mass is 10.2. The average molecular weight is 361 g/mol. The largest absolute Gasteiger partial charge is 0.492 e. The Balaban J connectivity index is 2.06. The van der Waals surface area contributed by atoms with Gasteiger partial charge < -0.3 is 15.0 Å². The van der Waals surface area contributed by atoms with E-state index in [1.165, 1.54) is 11.8 Å². The second-order valence-electron chi connectivity index (χ2n) is 5.35. The topological polar surface area (TPSA) is 58.6 Å².